The van der Waals surface area contributed by atoms with Gasteiger partial charge < -0.3 is 15.2 Å². The predicted molar refractivity (Wildman–Crippen MR) is 87.7 cm³/mol. The Hall–Kier alpha value is -2.13. The van der Waals surface area contributed by atoms with Crippen LogP contribution in [-0.2, 0) is 14.8 Å². The van der Waals surface area contributed by atoms with Crippen LogP contribution >= 0.6 is 0 Å². The van der Waals surface area contributed by atoms with Crippen LogP contribution in [0.5, 0.6) is 5.75 Å². The average molecular weight is 358 g/mol. The monoisotopic (exact) mass is 358 g/mol. The first-order valence-electron chi connectivity index (χ1n) is 7.42. The summed E-state index contributed by atoms with van der Waals surface area (Å²) in [6.45, 7) is 1.92. The van der Waals surface area contributed by atoms with Crippen LogP contribution in [0.4, 0.5) is 0 Å². The van der Waals surface area contributed by atoms with E-state index in [2.05, 4.69) is 10.0 Å². The number of sulfonamides is 1. The number of hydrogen-bond donors (Lipinski definition) is 3. The van der Waals surface area contributed by atoms with E-state index in [0.29, 0.717) is 12.8 Å². The van der Waals surface area contributed by atoms with Gasteiger partial charge in [0.15, 0.2) is 0 Å². The van der Waals surface area contributed by atoms with Gasteiger partial charge in [-0.2, -0.15) is 0 Å². The lowest BCUT2D eigenvalue weighted by molar-refractivity contribution is -0.139. The molecule has 1 aromatic rings. The van der Waals surface area contributed by atoms with E-state index in [0.717, 1.165) is 12.5 Å². The number of benzene rings is 1. The van der Waals surface area contributed by atoms with Crippen LogP contribution in [0.2, 0.25) is 0 Å². The third kappa shape index (κ3) is 4.93. The molecule has 1 amide bonds. The minimum atomic E-state index is -3.83. The maximum Gasteiger partial charge on any atom is 0.326 e. The topological polar surface area (TPSA) is 122 Å². The highest BCUT2D eigenvalue weighted by Crippen LogP contribution is 2.24. The number of carbonyl (C=O) groups excluding carboxylic acids is 1. The molecule has 0 saturated heterocycles. The Kier molecular flexibility index (Phi) is 7.18. The van der Waals surface area contributed by atoms with Crippen LogP contribution in [0.15, 0.2) is 23.1 Å². The SMILES string of the molecule is CCCC[C@H](NC(=O)c1ccc(OC)c(S(=O)(=O)NC)c1)C(=O)O. The van der Waals surface area contributed by atoms with E-state index >= 15 is 0 Å². The molecule has 24 heavy (non-hydrogen) atoms. The summed E-state index contributed by atoms with van der Waals surface area (Å²) in [4.78, 5) is 23.3. The number of nitrogens with one attached hydrogen (secondary N) is 2. The van der Waals surface area contributed by atoms with Crippen LogP contribution in [0, 0.1) is 0 Å². The van der Waals surface area contributed by atoms with Crippen LogP contribution in [0.1, 0.15) is 36.5 Å². The van der Waals surface area contributed by atoms with Gasteiger partial charge in [-0.25, -0.2) is 17.9 Å². The molecule has 0 aliphatic rings. The highest BCUT2D eigenvalue weighted by atomic mass is 32.2. The van der Waals surface area contributed by atoms with Gasteiger partial charge in [0.2, 0.25) is 10.0 Å². The lowest BCUT2D eigenvalue weighted by Crippen LogP contribution is -2.40. The fraction of sp³-hybridized carbons (Fsp3) is 0.467. The fourth-order valence-corrected chi connectivity index (χ4v) is 2.96. The Morgan fingerprint density at radius 2 is 2.00 bits per heavy atom. The summed E-state index contributed by atoms with van der Waals surface area (Å²) in [6.07, 6.45) is 1.75. The number of aliphatic carboxylic acids is 1. The number of ether oxygens (including phenoxy) is 1. The lowest BCUT2D eigenvalue weighted by Gasteiger charge is -2.15. The van der Waals surface area contributed by atoms with Crippen molar-refractivity contribution >= 4 is 21.9 Å². The summed E-state index contributed by atoms with van der Waals surface area (Å²) >= 11 is 0. The molecule has 0 aliphatic carbocycles. The molecule has 9 heteroatoms. The summed E-state index contributed by atoms with van der Waals surface area (Å²) in [5, 5.41) is 11.6. The summed E-state index contributed by atoms with van der Waals surface area (Å²) in [5.41, 5.74) is 0.0346. The number of methoxy groups -OCH3 is 1. The second kappa shape index (κ2) is 8.65. The van der Waals surface area contributed by atoms with E-state index < -0.39 is 27.9 Å². The number of carboxylic acid groups (broad SMARTS) is 1. The van der Waals surface area contributed by atoms with Gasteiger partial charge in [0.05, 0.1) is 7.11 Å². The lowest BCUT2D eigenvalue weighted by atomic mass is 10.1. The third-order valence-corrected chi connectivity index (χ3v) is 4.87. The Morgan fingerprint density at radius 1 is 1.33 bits per heavy atom. The maximum atomic E-state index is 12.3. The van der Waals surface area contributed by atoms with Gasteiger partial charge in [-0.3, -0.25) is 4.79 Å². The number of carboxylic acids is 1. The summed E-state index contributed by atoms with van der Waals surface area (Å²) in [6, 6.07) is 2.85. The molecule has 3 N–H and O–H groups in total. The summed E-state index contributed by atoms with van der Waals surface area (Å²) in [5.74, 6) is -1.70. The average Bonchev–Trinajstić information content (AvgIpc) is 2.57. The van der Waals surface area contributed by atoms with Crippen molar-refractivity contribution in [3.05, 3.63) is 23.8 Å². The Bertz CT molecular complexity index is 702. The number of amides is 1. The van der Waals surface area contributed by atoms with Crippen molar-refractivity contribution in [2.75, 3.05) is 14.2 Å². The smallest absolute Gasteiger partial charge is 0.326 e. The van der Waals surface area contributed by atoms with Gasteiger partial charge in [0.25, 0.3) is 5.91 Å². The van der Waals surface area contributed by atoms with E-state index in [1.165, 1.54) is 26.3 Å². The zero-order chi connectivity index (χ0) is 18.3. The predicted octanol–water partition coefficient (Wildman–Crippen LogP) is 0.976. The van der Waals surface area contributed by atoms with Crippen molar-refractivity contribution in [1.29, 1.82) is 0 Å². The van der Waals surface area contributed by atoms with Crippen LogP contribution in [0.3, 0.4) is 0 Å². The first-order valence-corrected chi connectivity index (χ1v) is 8.90. The van der Waals surface area contributed by atoms with Gasteiger partial charge in [-0.05, 0) is 31.7 Å². The van der Waals surface area contributed by atoms with Gasteiger partial charge in [0.1, 0.15) is 16.7 Å². The molecule has 0 aliphatic heterocycles. The van der Waals surface area contributed by atoms with Gasteiger partial charge in [-0.15, -0.1) is 0 Å². The van der Waals surface area contributed by atoms with Gasteiger partial charge in [0, 0.05) is 5.56 Å². The molecule has 0 spiro atoms. The van der Waals surface area contributed by atoms with E-state index in [1.54, 1.807) is 0 Å². The Labute approximate surface area is 141 Å². The quantitative estimate of drug-likeness (QED) is 0.605. The maximum absolute atomic E-state index is 12.3. The third-order valence-electron chi connectivity index (χ3n) is 3.43. The van der Waals surface area contributed by atoms with Gasteiger partial charge in [-0.1, -0.05) is 19.8 Å². The standard InChI is InChI=1S/C15H22N2O6S/c1-4-5-6-11(15(19)20)17-14(18)10-7-8-12(23-3)13(9-10)24(21,22)16-2/h7-9,11,16H,4-6H2,1-3H3,(H,17,18)(H,19,20)/t11-/m0/s1. The molecule has 0 heterocycles. The largest absolute Gasteiger partial charge is 0.495 e. The molecule has 0 radical (unpaired) electrons. The molecule has 8 nitrogen and oxygen atoms in total. The van der Waals surface area contributed by atoms with Crippen molar-refractivity contribution < 1.29 is 27.9 Å². The molecule has 1 atom stereocenters. The molecular weight excluding hydrogens is 336 g/mol. The van der Waals surface area contributed by atoms with Crippen molar-refractivity contribution in [2.24, 2.45) is 0 Å². The molecule has 134 valence electrons. The molecule has 1 rings (SSSR count). The van der Waals surface area contributed by atoms with Crippen LogP contribution < -0.4 is 14.8 Å². The minimum Gasteiger partial charge on any atom is -0.495 e. The van der Waals surface area contributed by atoms with E-state index in [9.17, 15) is 18.0 Å². The highest BCUT2D eigenvalue weighted by molar-refractivity contribution is 7.89. The van der Waals surface area contributed by atoms with Crippen LogP contribution in [-0.4, -0.2) is 45.6 Å². The molecule has 0 unspecified atom stereocenters. The zero-order valence-corrected chi connectivity index (χ0v) is 14.6. The summed E-state index contributed by atoms with van der Waals surface area (Å²) < 4.78 is 31.2. The Morgan fingerprint density at radius 3 is 2.50 bits per heavy atom. The van der Waals surface area contributed by atoms with Crippen molar-refractivity contribution in [3.63, 3.8) is 0 Å². The second-order valence-electron chi connectivity index (χ2n) is 5.08. The first-order chi connectivity index (χ1) is 11.3. The molecule has 1 aromatic carbocycles. The fourth-order valence-electron chi connectivity index (χ4n) is 2.05. The second-order valence-corrected chi connectivity index (χ2v) is 6.93. The molecule has 0 fully saturated rings. The zero-order valence-electron chi connectivity index (χ0n) is 13.8. The number of hydrogen-bond acceptors (Lipinski definition) is 5. The van der Waals surface area contributed by atoms with Crippen molar-refractivity contribution in [3.8, 4) is 5.75 Å². The van der Waals surface area contributed by atoms with Gasteiger partial charge >= 0.3 is 5.97 Å². The molecule has 0 aromatic heterocycles. The van der Waals surface area contributed by atoms with Crippen molar-refractivity contribution in [1.82, 2.24) is 10.0 Å². The Balaban J connectivity index is 3.11. The molecule has 0 bridgehead atoms. The highest BCUT2D eigenvalue weighted by Gasteiger charge is 2.23. The summed E-state index contributed by atoms with van der Waals surface area (Å²) in [7, 11) is -1.27. The molecule has 0 saturated carbocycles. The molecular formula is C15H22N2O6S. The first kappa shape index (κ1) is 19.9. The van der Waals surface area contributed by atoms with E-state index in [4.69, 9.17) is 9.84 Å². The van der Waals surface area contributed by atoms with E-state index in [1.807, 2.05) is 6.92 Å². The van der Waals surface area contributed by atoms with E-state index in [-0.39, 0.29) is 16.2 Å². The number of rotatable bonds is 9. The minimum absolute atomic E-state index is 0.0346. The number of unbranched alkanes of at least 4 members (excludes halogenated alkanes) is 1. The number of carbonyl (C=O) groups is 2. The van der Waals surface area contributed by atoms with Crippen LogP contribution in [0.25, 0.3) is 0 Å². The van der Waals surface area contributed by atoms with Crippen molar-refractivity contribution in [2.45, 2.75) is 37.1 Å². The normalized spacial score (nSPS) is 12.5.